The van der Waals surface area contributed by atoms with E-state index in [4.69, 9.17) is 0 Å². The van der Waals surface area contributed by atoms with E-state index in [0.717, 1.165) is 11.6 Å². The van der Waals surface area contributed by atoms with Crippen LogP contribution in [0.25, 0.3) is 0 Å². The van der Waals surface area contributed by atoms with Crippen LogP contribution >= 0.6 is 11.8 Å². The summed E-state index contributed by atoms with van der Waals surface area (Å²) in [6.07, 6.45) is 0.379. The van der Waals surface area contributed by atoms with Crippen LogP contribution in [-0.4, -0.2) is 29.7 Å². The molecule has 1 aliphatic rings. The fourth-order valence-electron chi connectivity index (χ4n) is 0.660. The summed E-state index contributed by atoms with van der Waals surface area (Å²) >= 11 is 1.64. The van der Waals surface area contributed by atoms with Gasteiger partial charge in [0.05, 0.1) is 6.04 Å². The van der Waals surface area contributed by atoms with Gasteiger partial charge < -0.3 is 0 Å². The first kappa shape index (κ1) is 6.77. The Balaban J connectivity index is 2.41. The van der Waals surface area contributed by atoms with Crippen LogP contribution < -0.4 is 5.32 Å². The number of thioether (sulfide) groups is 1. The van der Waals surface area contributed by atoms with Gasteiger partial charge in [0.15, 0.2) is 6.29 Å². The molecule has 0 aromatic heterocycles. The van der Waals surface area contributed by atoms with E-state index in [-0.39, 0.29) is 11.8 Å². The van der Waals surface area contributed by atoms with E-state index in [1.54, 1.807) is 11.8 Å². The molecule has 0 saturated carbocycles. The fraction of sp³-hybridized carbons (Fsp3) is 0.600. The lowest BCUT2D eigenvalue weighted by molar-refractivity contribution is -0.130. The van der Waals surface area contributed by atoms with Gasteiger partial charge in [0.25, 0.3) is 0 Å². The van der Waals surface area contributed by atoms with Crippen molar-refractivity contribution in [3.05, 3.63) is 0 Å². The van der Waals surface area contributed by atoms with Gasteiger partial charge in [-0.2, -0.15) is 0 Å². The highest BCUT2D eigenvalue weighted by Crippen LogP contribution is 2.08. The second kappa shape index (κ2) is 2.98. The molecule has 0 bridgehead atoms. The van der Waals surface area contributed by atoms with Crippen molar-refractivity contribution >= 4 is 23.8 Å². The summed E-state index contributed by atoms with van der Waals surface area (Å²) in [4.78, 5) is 20.5. The molecule has 1 heterocycles. The number of hydrogen-bond acceptors (Lipinski definition) is 4. The maximum absolute atomic E-state index is 10.6. The molecule has 0 aromatic rings. The first-order valence-corrected chi connectivity index (χ1v) is 3.80. The number of Topliss-reactive ketones (excluding diaryl/α,β-unsaturated/α-hetero) is 1. The Hall–Kier alpha value is -0.350. The van der Waals surface area contributed by atoms with Crippen LogP contribution in [0.2, 0.25) is 0 Å². The molecule has 0 amide bonds. The van der Waals surface area contributed by atoms with E-state index in [1.807, 2.05) is 0 Å². The van der Waals surface area contributed by atoms with Gasteiger partial charge in [-0.3, -0.25) is 14.9 Å². The highest BCUT2D eigenvalue weighted by molar-refractivity contribution is 7.99. The molecule has 1 N–H and O–H groups in total. The molecular formula is C5H7NO2S. The van der Waals surface area contributed by atoms with E-state index in [1.165, 1.54) is 0 Å². The zero-order chi connectivity index (χ0) is 6.69. The van der Waals surface area contributed by atoms with Crippen molar-refractivity contribution in [2.45, 2.75) is 6.04 Å². The van der Waals surface area contributed by atoms with Gasteiger partial charge in [-0.15, -0.1) is 11.8 Å². The standard InChI is InChI=1S/C5H7NO2S/c7-1-5(8)4-2-9-3-6-4/h1,4,6H,2-3H2/t4-/m0/s1. The molecule has 1 saturated heterocycles. The quantitative estimate of drug-likeness (QED) is 0.417. The Bertz CT molecular complexity index is 131. The second-order valence-electron chi connectivity index (χ2n) is 1.79. The van der Waals surface area contributed by atoms with Gasteiger partial charge in [-0.1, -0.05) is 0 Å². The molecule has 1 fully saturated rings. The molecule has 3 nitrogen and oxygen atoms in total. The van der Waals surface area contributed by atoms with Gasteiger partial charge >= 0.3 is 0 Å². The average molecular weight is 145 g/mol. The van der Waals surface area contributed by atoms with Gasteiger partial charge in [0.2, 0.25) is 5.78 Å². The third-order valence-corrected chi connectivity index (χ3v) is 2.12. The summed E-state index contributed by atoms with van der Waals surface area (Å²) in [7, 11) is 0. The minimum Gasteiger partial charge on any atom is -0.297 e. The minimum atomic E-state index is -0.333. The zero-order valence-electron chi connectivity index (χ0n) is 4.79. The van der Waals surface area contributed by atoms with Crippen LogP contribution in [0.15, 0.2) is 0 Å². The Morgan fingerprint density at radius 1 is 1.78 bits per heavy atom. The van der Waals surface area contributed by atoms with Crippen molar-refractivity contribution < 1.29 is 9.59 Å². The van der Waals surface area contributed by atoms with Crippen LogP contribution in [0.4, 0.5) is 0 Å². The lowest BCUT2D eigenvalue weighted by Gasteiger charge is -1.99. The van der Waals surface area contributed by atoms with Crippen molar-refractivity contribution in [2.75, 3.05) is 11.6 Å². The van der Waals surface area contributed by atoms with Gasteiger partial charge in [-0.25, -0.2) is 0 Å². The number of aldehydes is 1. The Kier molecular flexibility index (Phi) is 2.24. The smallest absolute Gasteiger partial charge is 0.212 e. The number of ketones is 1. The lowest BCUT2D eigenvalue weighted by atomic mass is 10.2. The SMILES string of the molecule is O=CC(=O)[C@@H]1CSCN1. The third-order valence-electron chi connectivity index (χ3n) is 1.18. The molecule has 9 heavy (non-hydrogen) atoms. The molecule has 50 valence electrons. The lowest BCUT2D eigenvalue weighted by Crippen LogP contribution is -2.33. The van der Waals surface area contributed by atoms with Gasteiger partial charge in [0, 0.05) is 11.6 Å². The largest absolute Gasteiger partial charge is 0.297 e. The van der Waals surface area contributed by atoms with Gasteiger partial charge in [0.1, 0.15) is 0 Å². The number of carbonyl (C=O) groups is 2. The molecule has 0 aliphatic carbocycles. The van der Waals surface area contributed by atoms with E-state index in [9.17, 15) is 9.59 Å². The molecule has 0 radical (unpaired) electrons. The fourth-order valence-corrected chi connectivity index (χ4v) is 1.61. The predicted octanol–water partition coefficient (Wildman–Crippen LogP) is -0.583. The molecule has 1 aliphatic heterocycles. The zero-order valence-corrected chi connectivity index (χ0v) is 5.61. The summed E-state index contributed by atoms with van der Waals surface area (Å²) in [6.45, 7) is 0. The van der Waals surface area contributed by atoms with Crippen LogP contribution in [-0.2, 0) is 9.59 Å². The molecule has 0 aromatic carbocycles. The van der Waals surface area contributed by atoms with Crippen molar-refractivity contribution in [1.29, 1.82) is 0 Å². The summed E-state index contributed by atoms with van der Waals surface area (Å²) in [5.41, 5.74) is 0. The maximum atomic E-state index is 10.6. The summed E-state index contributed by atoms with van der Waals surface area (Å²) < 4.78 is 0. The van der Waals surface area contributed by atoms with E-state index < -0.39 is 0 Å². The molecule has 0 unspecified atom stereocenters. The van der Waals surface area contributed by atoms with E-state index in [2.05, 4.69) is 5.32 Å². The van der Waals surface area contributed by atoms with Crippen molar-refractivity contribution in [3.8, 4) is 0 Å². The first-order chi connectivity index (χ1) is 4.34. The minimum absolute atomic E-state index is 0.215. The highest BCUT2D eigenvalue weighted by atomic mass is 32.2. The molecular weight excluding hydrogens is 138 g/mol. The number of carbonyl (C=O) groups excluding carboxylic acids is 2. The van der Waals surface area contributed by atoms with Gasteiger partial charge in [-0.05, 0) is 0 Å². The van der Waals surface area contributed by atoms with Crippen molar-refractivity contribution in [2.24, 2.45) is 0 Å². The van der Waals surface area contributed by atoms with Crippen LogP contribution in [0, 0.1) is 0 Å². The monoisotopic (exact) mass is 145 g/mol. The molecule has 1 rings (SSSR count). The highest BCUT2D eigenvalue weighted by Gasteiger charge is 2.20. The Morgan fingerprint density at radius 3 is 3.00 bits per heavy atom. The van der Waals surface area contributed by atoms with E-state index >= 15 is 0 Å². The first-order valence-electron chi connectivity index (χ1n) is 2.65. The normalized spacial score (nSPS) is 26.0. The summed E-state index contributed by atoms with van der Waals surface area (Å²) in [6, 6.07) is -0.215. The van der Waals surface area contributed by atoms with Crippen molar-refractivity contribution in [1.82, 2.24) is 5.32 Å². The predicted molar refractivity (Wildman–Crippen MR) is 35.3 cm³/mol. The summed E-state index contributed by atoms with van der Waals surface area (Å²) in [5.74, 6) is 1.18. The second-order valence-corrected chi connectivity index (χ2v) is 2.82. The number of rotatable bonds is 2. The van der Waals surface area contributed by atoms with Crippen LogP contribution in [0.5, 0.6) is 0 Å². The molecule has 1 atom stereocenters. The van der Waals surface area contributed by atoms with Crippen LogP contribution in [0.3, 0.4) is 0 Å². The molecule has 4 heteroatoms. The number of nitrogens with one attached hydrogen (secondary N) is 1. The maximum Gasteiger partial charge on any atom is 0.212 e. The average Bonchev–Trinajstić information content (AvgIpc) is 2.37. The Morgan fingerprint density at radius 2 is 2.56 bits per heavy atom. The van der Waals surface area contributed by atoms with Crippen LogP contribution in [0.1, 0.15) is 0 Å². The topological polar surface area (TPSA) is 46.2 Å². The number of hydrogen-bond donors (Lipinski definition) is 1. The van der Waals surface area contributed by atoms with E-state index in [0.29, 0.717) is 6.29 Å². The van der Waals surface area contributed by atoms with Crippen molar-refractivity contribution in [3.63, 3.8) is 0 Å². The molecule has 0 spiro atoms. The Labute approximate surface area is 57.2 Å². The third kappa shape index (κ3) is 1.53. The summed E-state index contributed by atoms with van der Waals surface area (Å²) in [5, 5.41) is 2.89.